The quantitative estimate of drug-likeness (QED) is 0.922. The molecule has 1 aromatic heterocycles. The van der Waals surface area contributed by atoms with Crippen LogP contribution in [0.15, 0.2) is 12.1 Å². The lowest BCUT2D eigenvalue weighted by molar-refractivity contribution is 0.0934. The molecule has 1 fully saturated rings. The number of rotatable bonds is 4. The van der Waals surface area contributed by atoms with Crippen molar-refractivity contribution in [3.8, 4) is 0 Å². The number of carbonyl (C=O) groups is 1. The minimum Gasteiger partial charge on any atom is -0.359 e. The number of aromatic nitrogens is 1. The number of hydrogen-bond acceptors (Lipinski definition) is 4. The molecule has 23 heavy (non-hydrogen) atoms. The molecule has 2 aliphatic rings. The van der Waals surface area contributed by atoms with Crippen molar-refractivity contribution >= 4 is 11.7 Å². The van der Waals surface area contributed by atoms with Crippen molar-refractivity contribution in [2.75, 3.05) is 39.1 Å². The Labute approximate surface area is 139 Å². The summed E-state index contributed by atoms with van der Waals surface area (Å²) in [5, 5.41) is 3.09. The van der Waals surface area contributed by atoms with Crippen LogP contribution in [0.2, 0.25) is 0 Å². The number of carbonyl (C=O) groups excluding carboxylic acids is 1. The standard InChI is InChI=1S/C18H28N4O/c1-21(2)15-7-4-13(5-8-15)12-19-18(23)16-9-6-14-10-11-22(3)17(14)20-16/h6,9,13,15H,4-5,7-8,10-12H2,1-3H3,(H,19,23). The molecule has 1 N–H and O–H groups in total. The van der Waals surface area contributed by atoms with Gasteiger partial charge >= 0.3 is 0 Å². The van der Waals surface area contributed by atoms with Crippen LogP contribution < -0.4 is 10.2 Å². The monoisotopic (exact) mass is 316 g/mol. The van der Waals surface area contributed by atoms with E-state index in [1.165, 1.54) is 31.2 Å². The summed E-state index contributed by atoms with van der Waals surface area (Å²) in [6, 6.07) is 4.61. The minimum absolute atomic E-state index is 0.0390. The fraction of sp³-hybridized carbons (Fsp3) is 0.667. The zero-order valence-electron chi connectivity index (χ0n) is 14.5. The van der Waals surface area contributed by atoms with Gasteiger partial charge in [0.15, 0.2) is 0 Å². The van der Waals surface area contributed by atoms with Crippen LogP contribution in [0.25, 0.3) is 0 Å². The van der Waals surface area contributed by atoms with Crippen LogP contribution in [0.1, 0.15) is 41.7 Å². The van der Waals surface area contributed by atoms with Crippen molar-refractivity contribution in [1.29, 1.82) is 0 Å². The molecule has 0 unspecified atom stereocenters. The maximum atomic E-state index is 12.4. The maximum absolute atomic E-state index is 12.4. The minimum atomic E-state index is -0.0390. The molecular weight excluding hydrogens is 288 g/mol. The zero-order valence-corrected chi connectivity index (χ0v) is 14.5. The molecule has 1 aliphatic carbocycles. The first-order valence-electron chi connectivity index (χ1n) is 8.70. The van der Waals surface area contributed by atoms with Crippen LogP contribution in [0.3, 0.4) is 0 Å². The van der Waals surface area contributed by atoms with E-state index in [2.05, 4.69) is 34.2 Å². The van der Waals surface area contributed by atoms with Crippen molar-refractivity contribution in [2.45, 2.75) is 38.1 Å². The molecule has 2 heterocycles. The van der Waals surface area contributed by atoms with E-state index in [1.807, 2.05) is 19.2 Å². The van der Waals surface area contributed by atoms with Crippen molar-refractivity contribution in [2.24, 2.45) is 5.92 Å². The van der Waals surface area contributed by atoms with E-state index in [0.717, 1.165) is 25.3 Å². The summed E-state index contributed by atoms with van der Waals surface area (Å²) < 4.78 is 0. The summed E-state index contributed by atoms with van der Waals surface area (Å²) in [5.74, 6) is 1.53. The van der Waals surface area contributed by atoms with Crippen LogP contribution in [0, 0.1) is 5.92 Å². The highest BCUT2D eigenvalue weighted by Gasteiger charge is 2.23. The molecule has 5 heteroatoms. The van der Waals surface area contributed by atoms with Gasteiger partial charge in [0.05, 0.1) is 0 Å². The van der Waals surface area contributed by atoms with E-state index >= 15 is 0 Å². The van der Waals surface area contributed by atoms with Crippen LogP contribution in [-0.4, -0.2) is 56.1 Å². The van der Waals surface area contributed by atoms with E-state index < -0.39 is 0 Å². The number of fused-ring (bicyclic) bond motifs is 1. The fourth-order valence-electron chi connectivity index (χ4n) is 3.72. The molecule has 1 aromatic rings. The molecule has 1 saturated carbocycles. The lowest BCUT2D eigenvalue weighted by Crippen LogP contribution is -2.36. The Morgan fingerprint density at radius 2 is 2.04 bits per heavy atom. The highest BCUT2D eigenvalue weighted by atomic mass is 16.1. The Hall–Kier alpha value is -1.62. The third-order valence-corrected chi connectivity index (χ3v) is 5.36. The van der Waals surface area contributed by atoms with Gasteiger partial charge < -0.3 is 15.1 Å². The molecule has 1 amide bonds. The largest absolute Gasteiger partial charge is 0.359 e. The van der Waals surface area contributed by atoms with E-state index in [1.54, 1.807) is 0 Å². The highest BCUT2D eigenvalue weighted by Crippen LogP contribution is 2.26. The number of anilines is 1. The summed E-state index contributed by atoms with van der Waals surface area (Å²) in [4.78, 5) is 21.3. The molecule has 0 spiro atoms. The molecule has 0 atom stereocenters. The van der Waals surface area contributed by atoms with Gasteiger partial charge in [-0.05, 0) is 63.7 Å². The van der Waals surface area contributed by atoms with E-state index in [-0.39, 0.29) is 5.91 Å². The van der Waals surface area contributed by atoms with Crippen molar-refractivity contribution < 1.29 is 4.79 Å². The smallest absolute Gasteiger partial charge is 0.269 e. The van der Waals surface area contributed by atoms with Crippen LogP contribution in [0.5, 0.6) is 0 Å². The molecule has 0 aromatic carbocycles. The van der Waals surface area contributed by atoms with Crippen molar-refractivity contribution in [3.05, 3.63) is 23.4 Å². The first-order valence-corrected chi connectivity index (χ1v) is 8.70. The second kappa shape index (κ2) is 6.87. The lowest BCUT2D eigenvalue weighted by Gasteiger charge is -2.32. The van der Waals surface area contributed by atoms with E-state index in [9.17, 15) is 4.79 Å². The maximum Gasteiger partial charge on any atom is 0.269 e. The third kappa shape index (κ3) is 3.66. The summed E-state index contributed by atoms with van der Waals surface area (Å²) in [5.41, 5.74) is 1.78. The first kappa shape index (κ1) is 16.2. The molecule has 3 rings (SSSR count). The number of likely N-dealkylation sites (N-methyl/N-ethyl adjacent to an activating group) is 1. The summed E-state index contributed by atoms with van der Waals surface area (Å²) in [7, 11) is 6.34. The van der Waals surface area contributed by atoms with Gasteiger partial charge in [0.25, 0.3) is 5.91 Å². The molecular formula is C18H28N4O. The van der Waals surface area contributed by atoms with Gasteiger partial charge in [0, 0.05) is 26.2 Å². The zero-order chi connectivity index (χ0) is 16.4. The van der Waals surface area contributed by atoms with Gasteiger partial charge in [0.1, 0.15) is 11.5 Å². The topological polar surface area (TPSA) is 48.5 Å². The van der Waals surface area contributed by atoms with Gasteiger partial charge in [-0.25, -0.2) is 4.98 Å². The number of hydrogen-bond donors (Lipinski definition) is 1. The molecule has 5 nitrogen and oxygen atoms in total. The molecule has 126 valence electrons. The van der Waals surface area contributed by atoms with E-state index in [4.69, 9.17) is 0 Å². The Morgan fingerprint density at radius 3 is 2.74 bits per heavy atom. The van der Waals surface area contributed by atoms with Crippen LogP contribution in [0.4, 0.5) is 5.82 Å². The van der Waals surface area contributed by atoms with Crippen LogP contribution in [-0.2, 0) is 6.42 Å². The van der Waals surface area contributed by atoms with Gasteiger partial charge in [0.2, 0.25) is 0 Å². The second-order valence-electron chi connectivity index (χ2n) is 7.20. The van der Waals surface area contributed by atoms with Gasteiger partial charge in [-0.1, -0.05) is 6.07 Å². The number of nitrogens with zero attached hydrogens (tertiary/aromatic N) is 3. The second-order valence-corrected chi connectivity index (χ2v) is 7.20. The number of pyridine rings is 1. The molecule has 1 aliphatic heterocycles. The van der Waals surface area contributed by atoms with Gasteiger partial charge in [-0.3, -0.25) is 4.79 Å². The molecule has 0 radical (unpaired) electrons. The molecule has 0 bridgehead atoms. The Morgan fingerprint density at radius 1 is 1.30 bits per heavy atom. The van der Waals surface area contributed by atoms with Crippen molar-refractivity contribution in [3.63, 3.8) is 0 Å². The molecule has 0 saturated heterocycles. The average molecular weight is 316 g/mol. The van der Waals surface area contributed by atoms with Crippen LogP contribution >= 0.6 is 0 Å². The number of amides is 1. The summed E-state index contributed by atoms with van der Waals surface area (Å²) >= 11 is 0. The predicted octanol–water partition coefficient (Wildman–Crippen LogP) is 1.92. The van der Waals surface area contributed by atoms with E-state index in [0.29, 0.717) is 17.7 Å². The average Bonchev–Trinajstić information content (AvgIpc) is 2.93. The van der Waals surface area contributed by atoms with Gasteiger partial charge in [-0.15, -0.1) is 0 Å². The highest BCUT2D eigenvalue weighted by molar-refractivity contribution is 5.92. The SMILES string of the molecule is CN1CCc2ccc(C(=O)NCC3CCC(N(C)C)CC3)nc21. The summed E-state index contributed by atoms with van der Waals surface area (Å²) in [6.45, 7) is 1.76. The Bertz CT molecular complexity index is 564. The fourth-order valence-corrected chi connectivity index (χ4v) is 3.72. The third-order valence-electron chi connectivity index (χ3n) is 5.36. The van der Waals surface area contributed by atoms with Crippen molar-refractivity contribution in [1.82, 2.24) is 15.2 Å². The normalized spacial score (nSPS) is 23.9. The Kier molecular flexibility index (Phi) is 4.85. The number of nitrogens with one attached hydrogen (secondary N) is 1. The summed E-state index contributed by atoms with van der Waals surface area (Å²) in [6.07, 6.45) is 5.88. The Balaban J connectivity index is 1.52. The first-order chi connectivity index (χ1) is 11.0. The predicted molar refractivity (Wildman–Crippen MR) is 93.0 cm³/mol. The van der Waals surface area contributed by atoms with Gasteiger partial charge in [-0.2, -0.15) is 0 Å². The lowest BCUT2D eigenvalue weighted by atomic mass is 9.85.